The van der Waals surface area contributed by atoms with Crippen molar-refractivity contribution >= 4 is 18.5 Å². The average molecular weight is 577 g/mol. The molecule has 2 aliphatic rings. The molecule has 41 heavy (non-hydrogen) atoms. The summed E-state index contributed by atoms with van der Waals surface area (Å²) in [5.74, 6) is -0.144. The molecule has 0 radical (unpaired) electrons. The number of halogens is 3. The highest BCUT2D eigenvalue weighted by Gasteiger charge is 2.52. The molecule has 0 aliphatic carbocycles. The molecule has 2 aliphatic heterocycles. The van der Waals surface area contributed by atoms with E-state index in [4.69, 9.17) is 23.6 Å². The fourth-order valence-electron chi connectivity index (χ4n) is 5.22. The molecule has 1 saturated heterocycles. The number of hydrogen-bond donors (Lipinski definition) is 1. The number of aryl methyl sites for hydroxylation is 1. The van der Waals surface area contributed by atoms with E-state index in [1.807, 2.05) is 27.7 Å². The van der Waals surface area contributed by atoms with Crippen LogP contribution in [-0.2, 0) is 31.5 Å². The standard InChI is InChI=1S/C30H39BF3NO6/c1-27(2,3)40-25(26(36)38-9)23-19(30(32,33)34)16-20(31-35-28(4,5)29(6,7)41-31)24(37-8)22(23)18-12-13-21-17(15-18)11-10-14-39-21/h12-13,15-16,25,35H,10-11,14H2,1-9H3. The Balaban J connectivity index is 2.12. The normalized spacial score (nSPS) is 18.9. The lowest BCUT2D eigenvalue weighted by Crippen LogP contribution is -2.52. The molecule has 4 rings (SSSR count). The van der Waals surface area contributed by atoms with Gasteiger partial charge in [-0.3, -0.25) is 0 Å². The summed E-state index contributed by atoms with van der Waals surface area (Å²) in [6, 6.07) is 6.21. The van der Waals surface area contributed by atoms with Crippen molar-refractivity contribution in [2.75, 3.05) is 20.8 Å². The van der Waals surface area contributed by atoms with Crippen LogP contribution in [0.1, 0.15) is 77.7 Å². The van der Waals surface area contributed by atoms with Gasteiger partial charge in [0.1, 0.15) is 11.5 Å². The third-order valence-electron chi connectivity index (χ3n) is 7.90. The topological polar surface area (TPSA) is 75.3 Å². The predicted octanol–water partition coefficient (Wildman–Crippen LogP) is 5.61. The summed E-state index contributed by atoms with van der Waals surface area (Å²) >= 11 is 0. The van der Waals surface area contributed by atoms with Gasteiger partial charge < -0.3 is 28.8 Å². The molecule has 0 bridgehead atoms. The van der Waals surface area contributed by atoms with Crippen molar-refractivity contribution in [1.29, 1.82) is 0 Å². The molecule has 7 nitrogen and oxygen atoms in total. The van der Waals surface area contributed by atoms with Gasteiger partial charge in [0.25, 0.3) is 0 Å². The number of esters is 1. The SMILES string of the molecule is COC(=O)C(OC(C)(C)C)c1c(C(F)(F)F)cc(B2NC(C)(C)C(C)(C)O2)c(OC)c1-c1ccc2c(c1)CCCO2. The summed E-state index contributed by atoms with van der Waals surface area (Å²) in [6.07, 6.45) is -5.09. The molecular formula is C30H39BF3NO6. The van der Waals surface area contributed by atoms with Crippen molar-refractivity contribution < 1.29 is 41.6 Å². The van der Waals surface area contributed by atoms with Crippen LogP contribution < -0.4 is 20.2 Å². The number of benzene rings is 2. The van der Waals surface area contributed by atoms with E-state index >= 15 is 13.2 Å². The zero-order valence-electron chi connectivity index (χ0n) is 25.2. The van der Waals surface area contributed by atoms with Crippen molar-refractivity contribution in [2.24, 2.45) is 0 Å². The third kappa shape index (κ3) is 6.08. The van der Waals surface area contributed by atoms with Gasteiger partial charge in [0.05, 0.1) is 37.6 Å². The Hall–Kier alpha value is -2.76. The number of ether oxygens (including phenoxy) is 4. The Kier molecular flexibility index (Phi) is 8.23. The predicted molar refractivity (Wildman–Crippen MR) is 151 cm³/mol. The molecule has 2 heterocycles. The van der Waals surface area contributed by atoms with E-state index in [0.29, 0.717) is 24.3 Å². The van der Waals surface area contributed by atoms with Gasteiger partial charge in [-0.1, -0.05) is 6.07 Å². The molecule has 0 saturated carbocycles. The summed E-state index contributed by atoms with van der Waals surface area (Å²) in [7, 11) is 1.59. The number of alkyl halides is 3. The maximum absolute atomic E-state index is 15.1. The maximum atomic E-state index is 15.1. The van der Waals surface area contributed by atoms with Crippen LogP contribution in [0.4, 0.5) is 13.2 Å². The van der Waals surface area contributed by atoms with Crippen LogP contribution in [0, 0.1) is 0 Å². The minimum Gasteiger partial charge on any atom is -0.497 e. The van der Waals surface area contributed by atoms with Crippen LogP contribution in [0.15, 0.2) is 24.3 Å². The first-order chi connectivity index (χ1) is 18.9. The molecule has 2 aromatic carbocycles. The minimum atomic E-state index is -4.86. The number of nitrogens with one attached hydrogen (secondary N) is 1. The van der Waals surface area contributed by atoms with E-state index in [0.717, 1.165) is 25.2 Å². The fourth-order valence-corrected chi connectivity index (χ4v) is 5.22. The maximum Gasteiger partial charge on any atom is 0.420 e. The van der Waals surface area contributed by atoms with Crippen LogP contribution in [-0.4, -0.2) is 50.6 Å². The molecule has 11 heteroatoms. The van der Waals surface area contributed by atoms with Crippen LogP contribution in [0.5, 0.6) is 11.5 Å². The van der Waals surface area contributed by atoms with E-state index in [1.54, 1.807) is 39.0 Å². The van der Waals surface area contributed by atoms with Crippen LogP contribution in [0.3, 0.4) is 0 Å². The monoisotopic (exact) mass is 577 g/mol. The Morgan fingerprint density at radius 3 is 2.32 bits per heavy atom. The van der Waals surface area contributed by atoms with Gasteiger partial charge in [0.15, 0.2) is 6.10 Å². The first kappa shape index (κ1) is 31.2. The molecule has 1 fully saturated rings. The highest BCUT2D eigenvalue weighted by molar-refractivity contribution is 6.67. The van der Waals surface area contributed by atoms with Crippen molar-refractivity contribution in [3.8, 4) is 22.6 Å². The minimum absolute atomic E-state index is 0.0817. The van der Waals surface area contributed by atoms with E-state index in [9.17, 15) is 4.79 Å². The second-order valence-corrected chi connectivity index (χ2v) is 12.5. The van der Waals surface area contributed by atoms with Crippen molar-refractivity contribution in [3.05, 3.63) is 41.0 Å². The first-order valence-corrected chi connectivity index (χ1v) is 13.7. The number of fused-ring (bicyclic) bond motifs is 1. The van der Waals surface area contributed by atoms with Gasteiger partial charge in [-0.15, -0.1) is 0 Å². The van der Waals surface area contributed by atoms with Crippen LogP contribution in [0.2, 0.25) is 0 Å². The second kappa shape index (κ2) is 10.8. The summed E-state index contributed by atoms with van der Waals surface area (Å²) in [4.78, 5) is 13.2. The van der Waals surface area contributed by atoms with E-state index in [2.05, 4.69) is 5.23 Å². The number of hydrogen-bond acceptors (Lipinski definition) is 7. The smallest absolute Gasteiger partial charge is 0.420 e. The molecular weight excluding hydrogens is 538 g/mol. The zero-order chi connectivity index (χ0) is 30.5. The van der Waals surface area contributed by atoms with Gasteiger partial charge in [0, 0.05) is 22.1 Å². The largest absolute Gasteiger partial charge is 0.497 e. The quantitative estimate of drug-likeness (QED) is 0.354. The lowest BCUT2D eigenvalue weighted by atomic mass is 9.69. The van der Waals surface area contributed by atoms with Gasteiger partial charge in [0.2, 0.25) is 0 Å². The highest BCUT2D eigenvalue weighted by atomic mass is 19.4. The van der Waals surface area contributed by atoms with Crippen LogP contribution >= 0.6 is 0 Å². The summed E-state index contributed by atoms with van der Waals surface area (Å²) < 4.78 is 74.1. The highest BCUT2D eigenvalue weighted by Crippen LogP contribution is 2.47. The number of carbonyl (C=O) groups excluding carboxylic acids is 1. The molecule has 1 unspecified atom stereocenters. The second-order valence-electron chi connectivity index (χ2n) is 12.5. The summed E-state index contributed by atoms with van der Waals surface area (Å²) in [5.41, 5.74) is -2.18. The number of rotatable bonds is 6. The molecule has 224 valence electrons. The number of carbonyl (C=O) groups is 1. The number of methoxy groups -OCH3 is 2. The zero-order valence-corrected chi connectivity index (χ0v) is 25.2. The van der Waals surface area contributed by atoms with Gasteiger partial charge in [-0.25, -0.2) is 4.79 Å². The lowest BCUT2D eigenvalue weighted by Gasteiger charge is -2.33. The molecule has 1 atom stereocenters. The van der Waals surface area contributed by atoms with Crippen molar-refractivity contribution in [1.82, 2.24) is 5.23 Å². The molecule has 0 amide bonds. The van der Waals surface area contributed by atoms with Crippen LogP contribution in [0.25, 0.3) is 11.1 Å². The molecule has 0 aromatic heterocycles. The molecule has 0 spiro atoms. The Labute approximate surface area is 240 Å². The van der Waals surface area contributed by atoms with E-state index in [1.165, 1.54) is 7.11 Å². The lowest BCUT2D eigenvalue weighted by molar-refractivity contribution is -0.166. The van der Waals surface area contributed by atoms with Crippen molar-refractivity contribution in [3.63, 3.8) is 0 Å². The fraction of sp³-hybridized carbons (Fsp3) is 0.567. The molecule has 1 N–H and O–H groups in total. The first-order valence-electron chi connectivity index (χ1n) is 13.7. The van der Waals surface area contributed by atoms with Gasteiger partial charge in [-0.2, -0.15) is 13.2 Å². The van der Waals surface area contributed by atoms with E-state index in [-0.39, 0.29) is 22.3 Å². The van der Waals surface area contributed by atoms with E-state index < -0.39 is 47.6 Å². The Bertz CT molecular complexity index is 1300. The third-order valence-corrected chi connectivity index (χ3v) is 7.90. The summed E-state index contributed by atoms with van der Waals surface area (Å²) in [5, 5.41) is 3.33. The average Bonchev–Trinajstić information content (AvgIpc) is 3.10. The molecule has 2 aromatic rings. The van der Waals surface area contributed by atoms with Gasteiger partial charge >= 0.3 is 19.2 Å². The summed E-state index contributed by atoms with van der Waals surface area (Å²) in [6.45, 7) is 13.2. The Morgan fingerprint density at radius 1 is 1.10 bits per heavy atom. The van der Waals surface area contributed by atoms with Crippen molar-refractivity contribution in [2.45, 2.75) is 90.3 Å². The van der Waals surface area contributed by atoms with Gasteiger partial charge in [-0.05, 0) is 90.6 Å². The Morgan fingerprint density at radius 2 is 1.78 bits per heavy atom.